The first-order valence-electron chi connectivity index (χ1n) is 10.8. The van der Waals surface area contributed by atoms with Crippen LogP contribution in [0, 0.1) is 0 Å². The number of hydrogen-bond donors (Lipinski definition) is 2. The molecule has 0 saturated heterocycles. The molecule has 5 rings (SSSR count). The van der Waals surface area contributed by atoms with Crippen LogP contribution in [0.2, 0.25) is 5.02 Å². The standard InChI is InChI=1S/C25H21ClN4O4/c26-17-6-9-24(23(13-17)30-28-21-4-1-2-5-22(21)29-30)34-11-3-10-33-18-7-8-20-19(14-18)16(15-27-20)12-25(31)32/h1-2,4-9,13-15,27H,3,10-12H2,(H,31,32). The number of carboxylic acids is 1. The van der Waals surface area contributed by atoms with E-state index in [0.29, 0.717) is 41.8 Å². The monoisotopic (exact) mass is 476 g/mol. The second-order valence-corrected chi connectivity index (χ2v) is 8.17. The van der Waals surface area contributed by atoms with E-state index in [-0.39, 0.29) is 6.42 Å². The molecule has 0 unspecified atom stereocenters. The molecule has 172 valence electrons. The molecule has 5 aromatic rings. The first-order chi connectivity index (χ1) is 16.6. The van der Waals surface area contributed by atoms with Crippen molar-refractivity contribution in [2.45, 2.75) is 12.8 Å². The van der Waals surface area contributed by atoms with E-state index in [9.17, 15) is 4.79 Å². The van der Waals surface area contributed by atoms with E-state index in [0.717, 1.165) is 27.5 Å². The summed E-state index contributed by atoms with van der Waals surface area (Å²) in [5.74, 6) is 0.430. The average Bonchev–Trinajstić information content (AvgIpc) is 3.43. The van der Waals surface area contributed by atoms with Gasteiger partial charge < -0.3 is 19.6 Å². The van der Waals surface area contributed by atoms with Gasteiger partial charge in [-0.2, -0.15) is 0 Å². The van der Waals surface area contributed by atoms with Gasteiger partial charge in [0.05, 0.1) is 19.6 Å². The number of fused-ring (bicyclic) bond motifs is 2. The van der Waals surface area contributed by atoms with E-state index >= 15 is 0 Å². The zero-order chi connectivity index (χ0) is 23.5. The highest BCUT2D eigenvalue weighted by Crippen LogP contribution is 2.27. The molecule has 0 fully saturated rings. The van der Waals surface area contributed by atoms with Gasteiger partial charge in [0.2, 0.25) is 0 Å². The molecule has 2 N–H and O–H groups in total. The summed E-state index contributed by atoms with van der Waals surface area (Å²) in [5.41, 5.74) is 3.84. The minimum atomic E-state index is -0.871. The van der Waals surface area contributed by atoms with Gasteiger partial charge in [-0.15, -0.1) is 15.0 Å². The molecule has 0 spiro atoms. The number of nitrogens with one attached hydrogen (secondary N) is 1. The number of H-pyrrole nitrogens is 1. The third-order valence-electron chi connectivity index (χ3n) is 5.32. The zero-order valence-corrected chi connectivity index (χ0v) is 18.8. The molecule has 34 heavy (non-hydrogen) atoms. The Balaban J connectivity index is 1.22. The first-order valence-corrected chi connectivity index (χ1v) is 11.1. The Morgan fingerprint density at radius 2 is 1.76 bits per heavy atom. The second kappa shape index (κ2) is 9.44. The number of aliphatic carboxylic acids is 1. The lowest BCUT2D eigenvalue weighted by Crippen LogP contribution is -2.08. The van der Waals surface area contributed by atoms with E-state index in [1.54, 1.807) is 24.4 Å². The van der Waals surface area contributed by atoms with Crippen LogP contribution >= 0.6 is 11.6 Å². The average molecular weight is 477 g/mol. The van der Waals surface area contributed by atoms with Crippen molar-refractivity contribution in [2.75, 3.05) is 13.2 Å². The summed E-state index contributed by atoms with van der Waals surface area (Å²) < 4.78 is 11.9. The second-order valence-electron chi connectivity index (χ2n) is 7.73. The molecular weight excluding hydrogens is 456 g/mol. The van der Waals surface area contributed by atoms with Gasteiger partial charge in [0, 0.05) is 28.5 Å². The Morgan fingerprint density at radius 1 is 1.00 bits per heavy atom. The zero-order valence-electron chi connectivity index (χ0n) is 18.1. The number of benzene rings is 3. The third-order valence-corrected chi connectivity index (χ3v) is 5.55. The molecule has 3 aromatic carbocycles. The predicted molar refractivity (Wildman–Crippen MR) is 129 cm³/mol. The summed E-state index contributed by atoms with van der Waals surface area (Å²) >= 11 is 6.21. The smallest absolute Gasteiger partial charge is 0.307 e. The summed E-state index contributed by atoms with van der Waals surface area (Å²) in [6, 6.07) is 18.6. The summed E-state index contributed by atoms with van der Waals surface area (Å²) in [7, 11) is 0. The van der Waals surface area contributed by atoms with Crippen LogP contribution in [0.15, 0.2) is 66.9 Å². The Hall–Kier alpha value is -4.04. The van der Waals surface area contributed by atoms with E-state index in [1.807, 2.05) is 42.5 Å². The number of hydrogen-bond acceptors (Lipinski definition) is 5. The van der Waals surface area contributed by atoms with Crippen molar-refractivity contribution >= 4 is 39.5 Å². The number of carboxylic acid groups (broad SMARTS) is 1. The van der Waals surface area contributed by atoms with Crippen LogP contribution in [0.25, 0.3) is 27.6 Å². The molecule has 0 saturated carbocycles. The van der Waals surface area contributed by atoms with Crippen molar-refractivity contribution < 1.29 is 19.4 Å². The maximum atomic E-state index is 11.1. The Bertz CT molecular complexity index is 1440. The molecule has 9 heteroatoms. The van der Waals surface area contributed by atoms with Crippen LogP contribution in [0.3, 0.4) is 0 Å². The minimum Gasteiger partial charge on any atom is -0.493 e. The largest absolute Gasteiger partial charge is 0.493 e. The SMILES string of the molecule is O=C(O)Cc1c[nH]c2ccc(OCCCOc3ccc(Cl)cc3-n3nc4ccccc4n3)cc12. The van der Waals surface area contributed by atoms with Crippen LogP contribution in [0.5, 0.6) is 11.5 Å². The topological polar surface area (TPSA) is 102 Å². The lowest BCUT2D eigenvalue weighted by molar-refractivity contribution is -0.136. The summed E-state index contributed by atoms with van der Waals surface area (Å²) in [5, 5.41) is 19.5. The first kappa shape index (κ1) is 21.8. The van der Waals surface area contributed by atoms with Crippen molar-refractivity contribution in [1.82, 2.24) is 20.0 Å². The van der Waals surface area contributed by atoms with Crippen molar-refractivity contribution in [3.8, 4) is 17.2 Å². The van der Waals surface area contributed by atoms with Crippen LogP contribution in [-0.4, -0.2) is 44.3 Å². The van der Waals surface area contributed by atoms with Gasteiger partial charge >= 0.3 is 5.97 Å². The molecule has 2 heterocycles. The molecular formula is C25H21ClN4O4. The highest BCUT2D eigenvalue weighted by molar-refractivity contribution is 6.30. The van der Waals surface area contributed by atoms with E-state index in [4.69, 9.17) is 26.2 Å². The molecule has 8 nitrogen and oxygen atoms in total. The Kier molecular flexibility index (Phi) is 6.05. The molecule has 0 bridgehead atoms. The predicted octanol–water partition coefficient (Wildman–Crippen LogP) is 5.03. The maximum Gasteiger partial charge on any atom is 0.307 e. The number of carbonyl (C=O) groups is 1. The quantitative estimate of drug-likeness (QED) is 0.289. The molecule has 0 aliphatic carbocycles. The van der Waals surface area contributed by atoms with Gasteiger partial charge in [0.1, 0.15) is 28.2 Å². The summed E-state index contributed by atoms with van der Waals surface area (Å²) in [4.78, 5) is 15.7. The number of aromatic amines is 1. The fourth-order valence-corrected chi connectivity index (χ4v) is 3.89. The Morgan fingerprint density at radius 3 is 2.53 bits per heavy atom. The number of rotatable bonds is 9. The number of aromatic nitrogens is 4. The fourth-order valence-electron chi connectivity index (χ4n) is 3.72. The summed E-state index contributed by atoms with van der Waals surface area (Å²) in [6.07, 6.45) is 2.32. The summed E-state index contributed by atoms with van der Waals surface area (Å²) in [6.45, 7) is 0.864. The van der Waals surface area contributed by atoms with Gasteiger partial charge in [-0.1, -0.05) is 23.7 Å². The maximum absolute atomic E-state index is 11.1. The molecule has 0 aliphatic heterocycles. The highest BCUT2D eigenvalue weighted by atomic mass is 35.5. The minimum absolute atomic E-state index is 0.0403. The lowest BCUT2D eigenvalue weighted by Gasteiger charge is -2.12. The van der Waals surface area contributed by atoms with Gasteiger partial charge in [-0.3, -0.25) is 4.79 Å². The normalized spacial score (nSPS) is 11.2. The fraction of sp³-hybridized carbons (Fsp3) is 0.160. The van der Waals surface area contributed by atoms with E-state index in [1.165, 1.54) is 4.80 Å². The van der Waals surface area contributed by atoms with Gasteiger partial charge in [-0.05, 0) is 54.1 Å². The number of halogens is 1. The highest BCUT2D eigenvalue weighted by Gasteiger charge is 2.12. The van der Waals surface area contributed by atoms with Crippen molar-refractivity contribution in [2.24, 2.45) is 0 Å². The molecule has 0 atom stereocenters. The van der Waals surface area contributed by atoms with Crippen molar-refractivity contribution in [3.63, 3.8) is 0 Å². The van der Waals surface area contributed by atoms with Crippen LogP contribution < -0.4 is 9.47 Å². The Labute approximate surface area is 199 Å². The molecule has 0 amide bonds. The van der Waals surface area contributed by atoms with Crippen molar-refractivity contribution in [3.05, 3.63) is 77.4 Å². The van der Waals surface area contributed by atoms with E-state index < -0.39 is 5.97 Å². The van der Waals surface area contributed by atoms with Gasteiger partial charge in [0.25, 0.3) is 0 Å². The number of nitrogens with zero attached hydrogens (tertiary/aromatic N) is 3. The van der Waals surface area contributed by atoms with Crippen LogP contribution in [-0.2, 0) is 11.2 Å². The molecule has 2 aromatic heterocycles. The van der Waals surface area contributed by atoms with Crippen LogP contribution in [0.4, 0.5) is 0 Å². The van der Waals surface area contributed by atoms with Gasteiger partial charge in [-0.25, -0.2) is 0 Å². The lowest BCUT2D eigenvalue weighted by atomic mass is 10.1. The van der Waals surface area contributed by atoms with Crippen molar-refractivity contribution in [1.29, 1.82) is 0 Å². The molecule has 0 radical (unpaired) electrons. The van der Waals surface area contributed by atoms with Crippen LogP contribution in [0.1, 0.15) is 12.0 Å². The van der Waals surface area contributed by atoms with E-state index in [2.05, 4.69) is 15.2 Å². The molecule has 0 aliphatic rings. The number of ether oxygens (including phenoxy) is 2. The van der Waals surface area contributed by atoms with Gasteiger partial charge in [0.15, 0.2) is 0 Å². The third kappa shape index (κ3) is 4.67.